The van der Waals surface area contributed by atoms with Crippen LogP contribution in [0.3, 0.4) is 0 Å². The zero-order valence-corrected chi connectivity index (χ0v) is 11.3. The molecule has 0 bridgehead atoms. The lowest BCUT2D eigenvalue weighted by atomic mass is 9.96. The topological polar surface area (TPSA) is 58.8 Å². The summed E-state index contributed by atoms with van der Waals surface area (Å²) in [6, 6.07) is -0.368. The second kappa shape index (κ2) is 6.50. The van der Waals surface area contributed by atoms with E-state index in [1.165, 1.54) is 6.42 Å². The van der Waals surface area contributed by atoms with E-state index in [2.05, 4.69) is 4.90 Å². The van der Waals surface area contributed by atoms with Gasteiger partial charge in [0.25, 0.3) is 0 Å². The van der Waals surface area contributed by atoms with Crippen molar-refractivity contribution in [2.45, 2.75) is 25.8 Å². The number of morpholine rings is 1. The van der Waals surface area contributed by atoms with Crippen LogP contribution in [0.5, 0.6) is 0 Å². The van der Waals surface area contributed by atoms with Crippen LogP contribution in [0, 0.1) is 5.92 Å². The average Bonchev–Trinajstić information content (AvgIpc) is 2.39. The molecule has 2 aliphatic rings. The summed E-state index contributed by atoms with van der Waals surface area (Å²) in [6.45, 7) is 8.34. The summed E-state index contributed by atoms with van der Waals surface area (Å²) < 4.78 is 5.36. The molecule has 104 valence electrons. The first kappa shape index (κ1) is 13.8. The van der Waals surface area contributed by atoms with Crippen molar-refractivity contribution in [3.8, 4) is 0 Å². The first-order chi connectivity index (χ1) is 8.66. The number of nitrogens with zero attached hydrogens (tertiary/aromatic N) is 2. The SMILES string of the molecule is C[C@@H](N)C(=O)N1CCCC(CN2CCOCC2)C1. The van der Waals surface area contributed by atoms with Gasteiger partial charge in [-0.05, 0) is 25.7 Å². The van der Waals surface area contributed by atoms with Gasteiger partial charge in [0, 0.05) is 32.7 Å². The molecule has 2 fully saturated rings. The van der Waals surface area contributed by atoms with Crippen molar-refractivity contribution in [1.29, 1.82) is 0 Å². The van der Waals surface area contributed by atoms with Gasteiger partial charge in [-0.3, -0.25) is 9.69 Å². The first-order valence-corrected chi connectivity index (χ1v) is 7.01. The van der Waals surface area contributed by atoms with Crippen LogP contribution < -0.4 is 5.73 Å². The zero-order valence-electron chi connectivity index (χ0n) is 11.3. The molecule has 1 amide bonds. The van der Waals surface area contributed by atoms with Crippen molar-refractivity contribution in [2.75, 3.05) is 45.9 Å². The normalized spacial score (nSPS) is 28.1. The fourth-order valence-corrected chi connectivity index (χ4v) is 2.85. The fourth-order valence-electron chi connectivity index (χ4n) is 2.85. The Hall–Kier alpha value is -0.650. The largest absolute Gasteiger partial charge is 0.379 e. The van der Waals surface area contributed by atoms with Crippen LogP contribution in [-0.4, -0.2) is 67.7 Å². The number of carbonyl (C=O) groups is 1. The van der Waals surface area contributed by atoms with E-state index >= 15 is 0 Å². The molecule has 2 rings (SSSR count). The summed E-state index contributed by atoms with van der Waals surface area (Å²) in [4.78, 5) is 16.3. The highest BCUT2D eigenvalue weighted by Gasteiger charge is 2.26. The van der Waals surface area contributed by atoms with Gasteiger partial charge in [0.2, 0.25) is 5.91 Å². The minimum atomic E-state index is -0.368. The van der Waals surface area contributed by atoms with Crippen molar-refractivity contribution in [1.82, 2.24) is 9.80 Å². The van der Waals surface area contributed by atoms with Crippen LogP contribution in [0.4, 0.5) is 0 Å². The van der Waals surface area contributed by atoms with Gasteiger partial charge in [0.05, 0.1) is 19.3 Å². The van der Waals surface area contributed by atoms with E-state index in [1.54, 1.807) is 6.92 Å². The predicted molar refractivity (Wildman–Crippen MR) is 70.2 cm³/mol. The summed E-state index contributed by atoms with van der Waals surface area (Å²) in [5, 5.41) is 0. The van der Waals surface area contributed by atoms with Gasteiger partial charge in [-0.25, -0.2) is 0 Å². The molecule has 0 aromatic heterocycles. The molecule has 2 saturated heterocycles. The van der Waals surface area contributed by atoms with Crippen LogP contribution >= 0.6 is 0 Å². The van der Waals surface area contributed by atoms with Gasteiger partial charge >= 0.3 is 0 Å². The smallest absolute Gasteiger partial charge is 0.239 e. The molecule has 18 heavy (non-hydrogen) atoms. The molecular weight excluding hydrogens is 230 g/mol. The van der Waals surface area contributed by atoms with Crippen LogP contribution in [-0.2, 0) is 9.53 Å². The van der Waals surface area contributed by atoms with Gasteiger partial charge in [0.1, 0.15) is 0 Å². The molecule has 0 saturated carbocycles. The summed E-state index contributed by atoms with van der Waals surface area (Å²) in [5.41, 5.74) is 5.68. The Morgan fingerprint density at radius 1 is 1.39 bits per heavy atom. The summed E-state index contributed by atoms with van der Waals surface area (Å²) in [6.07, 6.45) is 2.33. The lowest BCUT2D eigenvalue weighted by Crippen LogP contribution is -2.49. The lowest BCUT2D eigenvalue weighted by Gasteiger charge is -2.37. The van der Waals surface area contributed by atoms with Gasteiger partial charge in [-0.2, -0.15) is 0 Å². The van der Waals surface area contributed by atoms with Gasteiger partial charge in [-0.1, -0.05) is 0 Å². The maximum atomic E-state index is 11.9. The Bertz CT molecular complexity index is 277. The second-order valence-corrected chi connectivity index (χ2v) is 5.49. The average molecular weight is 255 g/mol. The molecule has 2 atom stereocenters. The van der Waals surface area contributed by atoms with E-state index in [1.807, 2.05) is 4.90 Å². The van der Waals surface area contributed by atoms with Crippen LogP contribution in [0.15, 0.2) is 0 Å². The van der Waals surface area contributed by atoms with E-state index in [4.69, 9.17) is 10.5 Å². The second-order valence-electron chi connectivity index (χ2n) is 5.49. The summed E-state index contributed by atoms with van der Waals surface area (Å²) in [7, 11) is 0. The standard InChI is InChI=1S/C13H25N3O2/c1-11(14)13(17)16-4-2-3-12(10-16)9-15-5-7-18-8-6-15/h11-12H,2-10,14H2,1H3/t11-,12?/m1/s1. The van der Waals surface area contributed by atoms with Crippen LogP contribution in [0.1, 0.15) is 19.8 Å². The van der Waals surface area contributed by atoms with Gasteiger partial charge in [-0.15, -0.1) is 0 Å². The minimum Gasteiger partial charge on any atom is -0.379 e. The number of amides is 1. The first-order valence-electron chi connectivity index (χ1n) is 7.01. The van der Waals surface area contributed by atoms with Crippen molar-refractivity contribution >= 4 is 5.91 Å². The zero-order chi connectivity index (χ0) is 13.0. The monoisotopic (exact) mass is 255 g/mol. The number of ether oxygens (including phenoxy) is 1. The number of hydrogen-bond acceptors (Lipinski definition) is 4. The molecule has 0 radical (unpaired) electrons. The number of likely N-dealkylation sites (tertiary alicyclic amines) is 1. The van der Waals surface area contributed by atoms with Crippen molar-refractivity contribution in [2.24, 2.45) is 11.7 Å². The number of nitrogens with two attached hydrogens (primary N) is 1. The van der Waals surface area contributed by atoms with Crippen LogP contribution in [0.25, 0.3) is 0 Å². The number of carbonyl (C=O) groups excluding carboxylic acids is 1. The summed E-state index contributed by atoms with van der Waals surface area (Å²) in [5.74, 6) is 0.696. The molecule has 0 aromatic rings. The Morgan fingerprint density at radius 3 is 2.78 bits per heavy atom. The van der Waals surface area contributed by atoms with Gasteiger partial charge < -0.3 is 15.4 Å². The maximum absolute atomic E-state index is 11.9. The molecule has 0 spiro atoms. The van der Waals surface area contributed by atoms with Gasteiger partial charge in [0.15, 0.2) is 0 Å². The molecular formula is C13H25N3O2. The summed E-state index contributed by atoms with van der Waals surface area (Å²) >= 11 is 0. The van der Waals surface area contributed by atoms with E-state index in [0.717, 1.165) is 52.4 Å². The van der Waals surface area contributed by atoms with Crippen molar-refractivity contribution in [3.05, 3.63) is 0 Å². The highest BCUT2D eigenvalue weighted by atomic mass is 16.5. The maximum Gasteiger partial charge on any atom is 0.239 e. The Morgan fingerprint density at radius 2 is 2.11 bits per heavy atom. The van der Waals surface area contributed by atoms with E-state index in [9.17, 15) is 4.79 Å². The Kier molecular flexibility index (Phi) is 4.97. The fraction of sp³-hybridized carbons (Fsp3) is 0.923. The quantitative estimate of drug-likeness (QED) is 0.765. The minimum absolute atomic E-state index is 0.0988. The Labute approximate surface area is 109 Å². The van der Waals surface area contributed by atoms with E-state index in [-0.39, 0.29) is 11.9 Å². The van der Waals surface area contributed by atoms with Crippen LogP contribution in [0.2, 0.25) is 0 Å². The molecule has 0 aromatic carbocycles. The predicted octanol–water partition coefficient (Wildman–Crippen LogP) is -0.0956. The molecule has 2 aliphatic heterocycles. The third-order valence-corrected chi connectivity index (χ3v) is 3.84. The van der Waals surface area contributed by atoms with E-state index in [0.29, 0.717) is 5.92 Å². The molecule has 5 nitrogen and oxygen atoms in total. The third kappa shape index (κ3) is 3.67. The number of hydrogen-bond donors (Lipinski definition) is 1. The van der Waals surface area contributed by atoms with Crippen molar-refractivity contribution < 1.29 is 9.53 Å². The lowest BCUT2D eigenvalue weighted by molar-refractivity contribution is -0.134. The van der Waals surface area contributed by atoms with E-state index < -0.39 is 0 Å². The molecule has 2 heterocycles. The highest BCUT2D eigenvalue weighted by molar-refractivity contribution is 5.81. The highest BCUT2D eigenvalue weighted by Crippen LogP contribution is 2.18. The molecule has 5 heteroatoms. The molecule has 1 unspecified atom stereocenters. The Balaban J connectivity index is 1.80. The third-order valence-electron chi connectivity index (χ3n) is 3.84. The molecule has 2 N–H and O–H groups in total. The number of rotatable bonds is 3. The number of piperidine rings is 1. The van der Waals surface area contributed by atoms with Crippen molar-refractivity contribution in [3.63, 3.8) is 0 Å². The molecule has 0 aliphatic carbocycles.